The first-order valence-corrected chi connectivity index (χ1v) is 6.85. The number of benzene rings is 1. The molecule has 106 valence electrons. The topological polar surface area (TPSA) is 70.7 Å². The Balaban J connectivity index is 1.77. The summed E-state index contributed by atoms with van der Waals surface area (Å²) < 4.78 is 0. The molecular formula is C15H13ClN4O. The number of carbonyl (C=O) groups is 1. The summed E-state index contributed by atoms with van der Waals surface area (Å²) in [6.45, 7) is 1.79. The first-order chi connectivity index (χ1) is 10.1. The standard InChI is InChI=1S/C15H13ClN4O/c1-9-6-13(16)19-15(18-9)20-14(21)7-10-8-17-12-5-3-2-4-11(10)12/h2-6,8,17H,7H2,1H3,(H,18,19,20,21). The molecular weight excluding hydrogens is 288 g/mol. The van der Waals surface area contributed by atoms with Gasteiger partial charge in [-0.05, 0) is 24.6 Å². The Labute approximate surface area is 126 Å². The molecule has 1 aromatic carbocycles. The molecule has 0 saturated carbocycles. The van der Waals surface area contributed by atoms with Crippen LogP contribution in [0.15, 0.2) is 36.5 Å². The van der Waals surface area contributed by atoms with Crippen molar-refractivity contribution in [1.82, 2.24) is 15.0 Å². The summed E-state index contributed by atoms with van der Waals surface area (Å²) >= 11 is 5.85. The molecule has 0 aliphatic heterocycles. The van der Waals surface area contributed by atoms with Crippen LogP contribution in [-0.4, -0.2) is 20.9 Å². The van der Waals surface area contributed by atoms with E-state index in [-0.39, 0.29) is 18.3 Å². The van der Waals surface area contributed by atoms with E-state index in [1.54, 1.807) is 13.0 Å². The largest absolute Gasteiger partial charge is 0.361 e. The Hall–Kier alpha value is -2.40. The number of anilines is 1. The quantitative estimate of drug-likeness (QED) is 0.730. The zero-order valence-electron chi connectivity index (χ0n) is 11.4. The van der Waals surface area contributed by atoms with Gasteiger partial charge in [0, 0.05) is 22.8 Å². The van der Waals surface area contributed by atoms with Gasteiger partial charge in [0.2, 0.25) is 11.9 Å². The number of aromatic nitrogens is 3. The molecule has 0 saturated heterocycles. The highest BCUT2D eigenvalue weighted by molar-refractivity contribution is 6.29. The molecule has 2 N–H and O–H groups in total. The fourth-order valence-corrected chi connectivity index (χ4v) is 2.44. The normalized spacial score (nSPS) is 10.8. The SMILES string of the molecule is Cc1cc(Cl)nc(NC(=O)Cc2c[nH]c3ccccc23)n1. The first-order valence-electron chi connectivity index (χ1n) is 6.48. The number of rotatable bonds is 3. The summed E-state index contributed by atoms with van der Waals surface area (Å²) in [5.41, 5.74) is 2.65. The van der Waals surface area contributed by atoms with Gasteiger partial charge < -0.3 is 4.98 Å². The molecule has 3 rings (SSSR count). The van der Waals surface area contributed by atoms with Gasteiger partial charge in [0.15, 0.2) is 0 Å². The number of para-hydroxylation sites is 1. The molecule has 0 radical (unpaired) electrons. The van der Waals surface area contributed by atoms with Crippen molar-refractivity contribution in [2.24, 2.45) is 0 Å². The Bertz CT molecular complexity index is 792. The molecule has 0 aliphatic carbocycles. The maximum atomic E-state index is 12.1. The molecule has 0 spiro atoms. The van der Waals surface area contributed by atoms with E-state index in [2.05, 4.69) is 20.3 Å². The second kappa shape index (κ2) is 5.54. The number of aromatic amines is 1. The minimum Gasteiger partial charge on any atom is -0.361 e. The number of hydrogen-bond donors (Lipinski definition) is 2. The summed E-state index contributed by atoms with van der Waals surface area (Å²) in [4.78, 5) is 23.4. The van der Waals surface area contributed by atoms with Crippen molar-refractivity contribution in [2.75, 3.05) is 5.32 Å². The van der Waals surface area contributed by atoms with Crippen LogP contribution < -0.4 is 5.32 Å². The average Bonchev–Trinajstić information content (AvgIpc) is 2.81. The predicted octanol–water partition coefficient (Wildman–Crippen LogP) is 3.10. The Morgan fingerprint density at radius 3 is 2.95 bits per heavy atom. The third-order valence-corrected chi connectivity index (χ3v) is 3.29. The van der Waals surface area contributed by atoms with E-state index in [1.165, 1.54) is 0 Å². The Kier molecular flexibility index (Phi) is 3.58. The molecule has 3 aromatic rings. The zero-order chi connectivity index (χ0) is 14.8. The molecule has 0 fully saturated rings. The lowest BCUT2D eigenvalue weighted by atomic mass is 10.1. The summed E-state index contributed by atoms with van der Waals surface area (Å²) in [6, 6.07) is 9.48. The predicted molar refractivity (Wildman–Crippen MR) is 82.4 cm³/mol. The highest BCUT2D eigenvalue weighted by Gasteiger charge is 2.10. The minimum atomic E-state index is -0.179. The van der Waals surface area contributed by atoms with Gasteiger partial charge in [-0.25, -0.2) is 9.97 Å². The third-order valence-electron chi connectivity index (χ3n) is 3.10. The molecule has 5 nitrogen and oxygen atoms in total. The first kappa shape index (κ1) is 13.6. The Morgan fingerprint density at radius 1 is 1.33 bits per heavy atom. The molecule has 21 heavy (non-hydrogen) atoms. The van der Waals surface area contributed by atoms with Gasteiger partial charge in [-0.1, -0.05) is 29.8 Å². The number of carbonyl (C=O) groups excluding carboxylic acids is 1. The van der Waals surface area contributed by atoms with Crippen LogP contribution in [0.5, 0.6) is 0 Å². The number of fused-ring (bicyclic) bond motifs is 1. The van der Waals surface area contributed by atoms with Gasteiger partial charge in [-0.15, -0.1) is 0 Å². The van der Waals surface area contributed by atoms with Crippen molar-refractivity contribution >= 4 is 34.4 Å². The minimum absolute atomic E-state index is 0.179. The highest BCUT2D eigenvalue weighted by atomic mass is 35.5. The van der Waals surface area contributed by atoms with E-state index in [0.29, 0.717) is 10.8 Å². The van der Waals surface area contributed by atoms with Crippen LogP contribution in [0.1, 0.15) is 11.3 Å². The van der Waals surface area contributed by atoms with Crippen LogP contribution in [0.2, 0.25) is 5.15 Å². The van der Waals surface area contributed by atoms with E-state index >= 15 is 0 Å². The van der Waals surface area contributed by atoms with Crippen LogP contribution in [0.25, 0.3) is 10.9 Å². The molecule has 0 atom stereocenters. The smallest absolute Gasteiger partial charge is 0.231 e. The van der Waals surface area contributed by atoms with Crippen molar-refractivity contribution in [3.05, 3.63) is 52.9 Å². The number of amides is 1. The van der Waals surface area contributed by atoms with Gasteiger partial charge in [-0.2, -0.15) is 0 Å². The van der Waals surface area contributed by atoms with Crippen molar-refractivity contribution in [3.8, 4) is 0 Å². The highest BCUT2D eigenvalue weighted by Crippen LogP contribution is 2.18. The number of nitrogens with one attached hydrogen (secondary N) is 2. The van der Waals surface area contributed by atoms with Gasteiger partial charge in [0.1, 0.15) is 5.15 Å². The molecule has 2 heterocycles. The van der Waals surface area contributed by atoms with Crippen LogP contribution in [-0.2, 0) is 11.2 Å². The van der Waals surface area contributed by atoms with Gasteiger partial charge in [0.05, 0.1) is 6.42 Å². The van der Waals surface area contributed by atoms with Crippen molar-refractivity contribution in [1.29, 1.82) is 0 Å². The van der Waals surface area contributed by atoms with Gasteiger partial charge in [0.25, 0.3) is 0 Å². The maximum absolute atomic E-state index is 12.1. The second-order valence-corrected chi connectivity index (χ2v) is 5.13. The molecule has 0 aliphatic rings. The number of halogens is 1. The van der Waals surface area contributed by atoms with E-state index < -0.39 is 0 Å². The summed E-state index contributed by atoms with van der Waals surface area (Å²) in [6.07, 6.45) is 2.09. The fraction of sp³-hybridized carbons (Fsp3) is 0.133. The maximum Gasteiger partial charge on any atom is 0.231 e. The number of hydrogen-bond acceptors (Lipinski definition) is 3. The van der Waals surface area contributed by atoms with E-state index in [4.69, 9.17) is 11.6 Å². The summed E-state index contributed by atoms with van der Waals surface area (Å²) in [5, 5.41) is 4.01. The third kappa shape index (κ3) is 3.03. The Morgan fingerprint density at radius 2 is 2.14 bits per heavy atom. The lowest BCUT2D eigenvalue weighted by molar-refractivity contribution is -0.115. The van der Waals surface area contributed by atoms with Crippen molar-refractivity contribution < 1.29 is 4.79 Å². The van der Waals surface area contributed by atoms with Gasteiger partial charge >= 0.3 is 0 Å². The molecule has 2 aromatic heterocycles. The summed E-state index contributed by atoms with van der Waals surface area (Å²) in [7, 11) is 0. The fourth-order valence-electron chi connectivity index (χ4n) is 2.21. The van der Waals surface area contributed by atoms with Crippen LogP contribution in [0.3, 0.4) is 0 Å². The van der Waals surface area contributed by atoms with Crippen molar-refractivity contribution in [2.45, 2.75) is 13.3 Å². The van der Waals surface area contributed by atoms with Crippen LogP contribution in [0.4, 0.5) is 5.95 Å². The molecule has 1 amide bonds. The van der Waals surface area contributed by atoms with E-state index in [1.807, 2.05) is 30.5 Å². The lowest BCUT2D eigenvalue weighted by Gasteiger charge is -2.04. The van der Waals surface area contributed by atoms with E-state index in [0.717, 1.165) is 16.5 Å². The average molecular weight is 301 g/mol. The van der Waals surface area contributed by atoms with E-state index in [9.17, 15) is 4.79 Å². The number of nitrogens with zero attached hydrogens (tertiary/aromatic N) is 2. The molecule has 0 unspecified atom stereocenters. The van der Waals surface area contributed by atoms with Crippen LogP contribution in [0, 0.1) is 6.92 Å². The zero-order valence-corrected chi connectivity index (χ0v) is 12.1. The second-order valence-electron chi connectivity index (χ2n) is 4.74. The number of H-pyrrole nitrogens is 1. The molecule has 0 bridgehead atoms. The van der Waals surface area contributed by atoms with Gasteiger partial charge in [-0.3, -0.25) is 10.1 Å². The van der Waals surface area contributed by atoms with Crippen molar-refractivity contribution in [3.63, 3.8) is 0 Å². The number of aryl methyl sites for hydroxylation is 1. The summed E-state index contributed by atoms with van der Waals surface area (Å²) in [5.74, 6) is 0.0475. The lowest BCUT2D eigenvalue weighted by Crippen LogP contribution is -2.16. The molecule has 6 heteroatoms. The monoisotopic (exact) mass is 300 g/mol. The van der Waals surface area contributed by atoms with Crippen LogP contribution >= 0.6 is 11.6 Å².